The Kier molecular flexibility index (Phi) is 7.84. The van der Waals surface area contributed by atoms with Crippen LogP contribution in [0.2, 0.25) is 0 Å². The number of hydrogen-bond acceptors (Lipinski definition) is 7. The van der Waals surface area contributed by atoms with Crippen LogP contribution < -0.4 is 0 Å². The van der Waals surface area contributed by atoms with Crippen LogP contribution >= 0.6 is 0 Å². The maximum atomic E-state index is 11.4. The number of rotatable bonds is 8. The number of fused-ring (bicyclic) bond motifs is 1. The number of hydrogen-bond donors (Lipinski definition) is 1. The highest BCUT2D eigenvalue weighted by Gasteiger charge is 2.60. The van der Waals surface area contributed by atoms with Crippen LogP contribution in [0.5, 0.6) is 0 Å². The summed E-state index contributed by atoms with van der Waals surface area (Å²) in [6.07, 6.45) is -1.38. The van der Waals surface area contributed by atoms with E-state index in [1.54, 1.807) is 0 Å². The van der Waals surface area contributed by atoms with Gasteiger partial charge in [0.05, 0.1) is 13.2 Å². The quantitative estimate of drug-likeness (QED) is 0.608. The number of benzene rings is 2. The van der Waals surface area contributed by atoms with Gasteiger partial charge in [-0.05, 0) is 44.2 Å². The molecule has 5 rings (SSSR count). The van der Waals surface area contributed by atoms with E-state index in [1.807, 2.05) is 74.5 Å². The molecule has 7 nitrogen and oxygen atoms in total. The summed E-state index contributed by atoms with van der Waals surface area (Å²) >= 11 is 0. The van der Waals surface area contributed by atoms with Gasteiger partial charge < -0.3 is 33.5 Å². The molecule has 2 aromatic rings. The van der Waals surface area contributed by atoms with Crippen molar-refractivity contribution >= 4 is 0 Å². The topological polar surface area (TPSA) is 75.6 Å². The molecule has 1 aliphatic carbocycles. The first-order valence-electron chi connectivity index (χ1n) is 12.6. The Balaban J connectivity index is 1.42. The molecule has 7 atom stereocenters. The van der Waals surface area contributed by atoms with Gasteiger partial charge in [-0.15, -0.1) is 0 Å². The van der Waals surface area contributed by atoms with Gasteiger partial charge >= 0.3 is 0 Å². The zero-order chi connectivity index (χ0) is 24.3. The minimum absolute atomic E-state index is 0.334. The molecular weight excluding hydrogens is 448 g/mol. The maximum Gasteiger partial charge on any atom is 0.164 e. The largest absolute Gasteiger partial charge is 0.387 e. The summed E-state index contributed by atoms with van der Waals surface area (Å²) in [6.45, 7) is 5.08. The molecule has 3 fully saturated rings. The molecule has 1 N–H and O–H groups in total. The van der Waals surface area contributed by atoms with Crippen molar-refractivity contribution in [2.24, 2.45) is 0 Å². The fourth-order valence-electron chi connectivity index (χ4n) is 5.16. The summed E-state index contributed by atoms with van der Waals surface area (Å²) in [6, 6.07) is 19.9. The highest BCUT2D eigenvalue weighted by atomic mass is 16.8. The molecule has 35 heavy (non-hydrogen) atoms. The van der Waals surface area contributed by atoms with E-state index in [0.29, 0.717) is 19.8 Å². The molecule has 0 aromatic heterocycles. The first kappa shape index (κ1) is 24.8. The molecule has 2 saturated heterocycles. The lowest BCUT2D eigenvalue weighted by molar-refractivity contribution is -0.285. The molecule has 3 aliphatic rings. The molecule has 2 aliphatic heterocycles. The SMILES string of the molecule is CC1(C)O[C@@H]2[C@@H](OCc3ccccc3)[C@H](OC3CCCCO3)[C@@H](OCc3ccccc3)[C@H](O)[C@@H]2O1. The second kappa shape index (κ2) is 11.0. The third-order valence-electron chi connectivity index (χ3n) is 6.83. The van der Waals surface area contributed by atoms with Crippen LogP contribution in [-0.2, 0) is 41.6 Å². The third kappa shape index (κ3) is 5.94. The second-order valence-corrected chi connectivity index (χ2v) is 9.97. The van der Waals surface area contributed by atoms with Crippen molar-refractivity contribution in [2.75, 3.05) is 6.61 Å². The van der Waals surface area contributed by atoms with Gasteiger partial charge in [-0.1, -0.05) is 60.7 Å². The average molecular weight is 485 g/mol. The van der Waals surface area contributed by atoms with Gasteiger partial charge in [0.2, 0.25) is 0 Å². The predicted octanol–water partition coefficient (Wildman–Crippen LogP) is 3.96. The summed E-state index contributed by atoms with van der Waals surface area (Å²) < 4.78 is 37.7. The number of aliphatic hydroxyl groups excluding tert-OH is 1. The van der Waals surface area contributed by atoms with Gasteiger partial charge in [-0.25, -0.2) is 0 Å². The van der Waals surface area contributed by atoms with Gasteiger partial charge in [0.1, 0.15) is 36.6 Å². The fraction of sp³-hybridized carbons (Fsp3) is 0.571. The van der Waals surface area contributed by atoms with Crippen molar-refractivity contribution in [3.8, 4) is 0 Å². The van der Waals surface area contributed by atoms with Crippen molar-refractivity contribution in [1.82, 2.24) is 0 Å². The molecule has 1 unspecified atom stereocenters. The smallest absolute Gasteiger partial charge is 0.164 e. The average Bonchev–Trinajstić information content (AvgIpc) is 3.21. The molecular formula is C28H36O7. The van der Waals surface area contributed by atoms with E-state index in [-0.39, 0.29) is 6.29 Å². The molecule has 0 bridgehead atoms. The normalized spacial score (nSPS) is 34.4. The summed E-state index contributed by atoms with van der Waals surface area (Å²) in [5.74, 6) is -0.856. The van der Waals surface area contributed by atoms with Crippen LogP contribution in [0.15, 0.2) is 60.7 Å². The summed E-state index contributed by atoms with van der Waals surface area (Å²) in [7, 11) is 0. The third-order valence-corrected chi connectivity index (χ3v) is 6.83. The Labute approximate surface area is 207 Å². The lowest BCUT2D eigenvalue weighted by Gasteiger charge is -2.46. The zero-order valence-corrected chi connectivity index (χ0v) is 20.5. The fourth-order valence-corrected chi connectivity index (χ4v) is 5.16. The van der Waals surface area contributed by atoms with E-state index >= 15 is 0 Å². The van der Waals surface area contributed by atoms with Crippen LogP contribution in [0.3, 0.4) is 0 Å². The van der Waals surface area contributed by atoms with E-state index in [9.17, 15) is 5.11 Å². The molecule has 2 heterocycles. The Morgan fingerprint density at radius 2 is 1.40 bits per heavy atom. The monoisotopic (exact) mass is 484 g/mol. The van der Waals surface area contributed by atoms with Gasteiger partial charge in [0, 0.05) is 6.61 Å². The van der Waals surface area contributed by atoms with E-state index in [0.717, 1.165) is 30.4 Å². The molecule has 190 valence electrons. The summed E-state index contributed by atoms with van der Waals surface area (Å²) in [5, 5.41) is 11.4. The van der Waals surface area contributed by atoms with Crippen LogP contribution in [0.25, 0.3) is 0 Å². The summed E-state index contributed by atoms with van der Waals surface area (Å²) in [5.41, 5.74) is 2.06. The number of ether oxygens (including phenoxy) is 6. The standard InChI is InChI=1S/C28H36O7/c1-28(2)34-24-22(29)23(31-17-19-11-5-3-6-12-19)26(33-21-15-9-10-16-30-21)25(27(24)35-28)32-18-20-13-7-4-8-14-20/h3-8,11-14,21-27,29H,9-10,15-18H2,1-2H3/t21?,22-,23-,24-,25-,26+,27-/m0/s1. The molecule has 2 aromatic carbocycles. The molecule has 0 radical (unpaired) electrons. The minimum atomic E-state index is -0.948. The summed E-state index contributed by atoms with van der Waals surface area (Å²) in [4.78, 5) is 0. The van der Waals surface area contributed by atoms with Gasteiger partial charge in [0.15, 0.2) is 12.1 Å². The minimum Gasteiger partial charge on any atom is -0.387 e. The predicted molar refractivity (Wildman–Crippen MR) is 128 cm³/mol. The van der Waals surface area contributed by atoms with Crippen molar-refractivity contribution in [3.05, 3.63) is 71.8 Å². The van der Waals surface area contributed by atoms with E-state index in [4.69, 9.17) is 28.4 Å². The van der Waals surface area contributed by atoms with Crippen molar-refractivity contribution < 1.29 is 33.5 Å². The van der Waals surface area contributed by atoms with Crippen molar-refractivity contribution in [1.29, 1.82) is 0 Å². The van der Waals surface area contributed by atoms with E-state index in [1.165, 1.54) is 0 Å². The Hall–Kier alpha value is -1.84. The van der Waals surface area contributed by atoms with Crippen molar-refractivity contribution in [2.45, 2.75) is 95.0 Å². The molecule has 7 heteroatoms. The van der Waals surface area contributed by atoms with Crippen molar-refractivity contribution in [3.63, 3.8) is 0 Å². The Morgan fingerprint density at radius 3 is 2.00 bits per heavy atom. The van der Waals surface area contributed by atoms with E-state index in [2.05, 4.69) is 0 Å². The Bertz CT molecular complexity index is 915. The molecule has 0 spiro atoms. The van der Waals surface area contributed by atoms with Crippen LogP contribution in [0.4, 0.5) is 0 Å². The second-order valence-electron chi connectivity index (χ2n) is 9.97. The van der Waals surface area contributed by atoms with Gasteiger partial charge in [-0.2, -0.15) is 0 Å². The Morgan fingerprint density at radius 1 is 0.800 bits per heavy atom. The first-order valence-corrected chi connectivity index (χ1v) is 12.6. The number of aliphatic hydroxyl groups is 1. The highest BCUT2D eigenvalue weighted by Crippen LogP contribution is 2.41. The molecule has 0 amide bonds. The van der Waals surface area contributed by atoms with Gasteiger partial charge in [0.25, 0.3) is 0 Å². The lowest BCUT2D eigenvalue weighted by Crippen LogP contribution is -2.65. The van der Waals surface area contributed by atoms with Crippen LogP contribution in [-0.4, -0.2) is 60.4 Å². The highest BCUT2D eigenvalue weighted by molar-refractivity contribution is 5.15. The lowest BCUT2D eigenvalue weighted by atomic mass is 9.84. The van der Waals surface area contributed by atoms with Crippen LogP contribution in [0, 0.1) is 0 Å². The van der Waals surface area contributed by atoms with Gasteiger partial charge in [-0.3, -0.25) is 0 Å². The van der Waals surface area contributed by atoms with E-state index < -0.39 is 42.4 Å². The molecule has 1 saturated carbocycles. The zero-order valence-electron chi connectivity index (χ0n) is 20.5. The first-order chi connectivity index (χ1) is 17.0. The maximum absolute atomic E-state index is 11.4. The van der Waals surface area contributed by atoms with Crippen LogP contribution in [0.1, 0.15) is 44.2 Å².